The third kappa shape index (κ3) is 2.54. The summed E-state index contributed by atoms with van der Waals surface area (Å²) >= 11 is 0. The van der Waals surface area contributed by atoms with Crippen molar-refractivity contribution in [3.05, 3.63) is 24.3 Å². The van der Waals surface area contributed by atoms with Gasteiger partial charge in [-0.25, -0.2) is 9.78 Å². The fourth-order valence-corrected chi connectivity index (χ4v) is 2.55. The minimum absolute atomic E-state index is 0.243. The molecule has 0 unspecified atom stereocenters. The molecule has 2 heterocycles. The largest absolute Gasteiger partial charge is 0.453 e. The van der Waals surface area contributed by atoms with Crippen molar-refractivity contribution in [2.75, 3.05) is 25.5 Å². The summed E-state index contributed by atoms with van der Waals surface area (Å²) in [7, 11) is 1.42. The monoisotopic (exact) mass is 274 g/mol. The number of methoxy groups -OCH3 is 1. The first-order valence-corrected chi connectivity index (χ1v) is 6.80. The molecule has 20 heavy (non-hydrogen) atoms. The van der Waals surface area contributed by atoms with Crippen LogP contribution in [0.15, 0.2) is 24.3 Å². The van der Waals surface area contributed by atoms with Gasteiger partial charge >= 0.3 is 6.09 Å². The highest BCUT2D eigenvalue weighted by molar-refractivity contribution is 5.77. The van der Waals surface area contributed by atoms with Crippen LogP contribution in [-0.4, -0.2) is 47.2 Å². The second-order valence-electron chi connectivity index (χ2n) is 4.98. The van der Waals surface area contributed by atoms with Gasteiger partial charge in [0.2, 0.25) is 5.95 Å². The zero-order chi connectivity index (χ0) is 13.9. The summed E-state index contributed by atoms with van der Waals surface area (Å²) in [5.41, 5.74) is 1.99. The average Bonchev–Trinajstić information content (AvgIpc) is 2.89. The lowest BCUT2D eigenvalue weighted by Crippen LogP contribution is -2.42. The minimum atomic E-state index is -0.243. The number of ether oxygens (including phenoxy) is 1. The number of likely N-dealkylation sites (tertiary alicyclic amines) is 1. The van der Waals surface area contributed by atoms with Crippen molar-refractivity contribution in [2.24, 2.45) is 0 Å². The maximum atomic E-state index is 11.4. The van der Waals surface area contributed by atoms with Gasteiger partial charge in [-0.2, -0.15) is 0 Å². The van der Waals surface area contributed by atoms with Gasteiger partial charge in [0, 0.05) is 19.1 Å². The van der Waals surface area contributed by atoms with Gasteiger partial charge in [-0.15, -0.1) is 0 Å². The van der Waals surface area contributed by atoms with Crippen LogP contribution in [0.4, 0.5) is 10.7 Å². The number of piperidine rings is 1. The molecule has 0 atom stereocenters. The topological polar surface area (TPSA) is 70.2 Å². The molecule has 1 fully saturated rings. The van der Waals surface area contributed by atoms with Crippen molar-refractivity contribution in [1.82, 2.24) is 14.9 Å². The number of anilines is 1. The average molecular weight is 274 g/mol. The van der Waals surface area contributed by atoms with E-state index in [2.05, 4.69) is 15.3 Å². The van der Waals surface area contributed by atoms with E-state index in [0.29, 0.717) is 19.1 Å². The summed E-state index contributed by atoms with van der Waals surface area (Å²) in [6.07, 6.45) is 1.55. The van der Waals surface area contributed by atoms with E-state index < -0.39 is 0 Å². The predicted molar refractivity (Wildman–Crippen MR) is 76.7 cm³/mol. The number of fused-ring (bicyclic) bond motifs is 1. The summed E-state index contributed by atoms with van der Waals surface area (Å²) in [6, 6.07) is 8.28. The number of benzene rings is 1. The Morgan fingerprint density at radius 2 is 2.15 bits per heavy atom. The third-order valence-electron chi connectivity index (χ3n) is 3.66. The lowest BCUT2D eigenvalue weighted by atomic mass is 10.1. The van der Waals surface area contributed by atoms with Gasteiger partial charge in [0.1, 0.15) is 0 Å². The molecule has 1 saturated heterocycles. The summed E-state index contributed by atoms with van der Waals surface area (Å²) in [6.45, 7) is 1.43. The van der Waals surface area contributed by atoms with Crippen LogP contribution in [0.5, 0.6) is 0 Å². The van der Waals surface area contributed by atoms with E-state index in [9.17, 15) is 4.79 Å². The van der Waals surface area contributed by atoms with E-state index in [4.69, 9.17) is 4.74 Å². The van der Waals surface area contributed by atoms with Gasteiger partial charge in [-0.3, -0.25) is 0 Å². The number of rotatable bonds is 2. The number of amides is 1. The molecule has 1 aromatic carbocycles. The van der Waals surface area contributed by atoms with E-state index in [-0.39, 0.29) is 6.09 Å². The maximum Gasteiger partial charge on any atom is 0.409 e. The zero-order valence-electron chi connectivity index (χ0n) is 11.4. The van der Waals surface area contributed by atoms with E-state index in [0.717, 1.165) is 29.8 Å². The fraction of sp³-hybridized carbons (Fsp3) is 0.429. The lowest BCUT2D eigenvalue weighted by Gasteiger charge is -2.31. The van der Waals surface area contributed by atoms with Gasteiger partial charge in [0.15, 0.2) is 0 Å². The summed E-state index contributed by atoms with van der Waals surface area (Å²) in [5.74, 6) is 0.794. The molecule has 0 bridgehead atoms. The Kier molecular flexibility index (Phi) is 3.45. The van der Waals surface area contributed by atoms with Crippen LogP contribution < -0.4 is 5.32 Å². The van der Waals surface area contributed by atoms with Crippen LogP contribution in [0.25, 0.3) is 11.0 Å². The third-order valence-corrected chi connectivity index (χ3v) is 3.66. The van der Waals surface area contributed by atoms with Crippen LogP contribution in [-0.2, 0) is 4.74 Å². The maximum absolute atomic E-state index is 11.4. The van der Waals surface area contributed by atoms with E-state index in [1.165, 1.54) is 7.11 Å². The van der Waals surface area contributed by atoms with Crippen molar-refractivity contribution in [1.29, 1.82) is 0 Å². The van der Waals surface area contributed by atoms with E-state index in [1.807, 2.05) is 24.3 Å². The molecule has 1 aliphatic heterocycles. The first-order valence-electron chi connectivity index (χ1n) is 6.80. The minimum Gasteiger partial charge on any atom is -0.453 e. The van der Waals surface area contributed by atoms with E-state index in [1.54, 1.807) is 4.90 Å². The number of imidazole rings is 1. The molecular weight excluding hydrogens is 256 g/mol. The van der Waals surface area contributed by atoms with Crippen molar-refractivity contribution >= 4 is 23.1 Å². The molecule has 0 aliphatic carbocycles. The number of carbonyl (C=O) groups is 1. The highest BCUT2D eigenvalue weighted by atomic mass is 16.5. The summed E-state index contributed by atoms with van der Waals surface area (Å²) < 4.78 is 4.73. The van der Waals surface area contributed by atoms with Crippen LogP contribution in [0, 0.1) is 0 Å². The molecular formula is C14H18N4O2. The van der Waals surface area contributed by atoms with Crippen molar-refractivity contribution in [2.45, 2.75) is 18.9 Å². The van der Waals surface area contributed by atoms with E-state index >= 15 is 0 Å². The second-order valence-corrected chi connectivity index (χ2v) is 4.98. The SMILES string of the molecule is COC(=O)N1CCC(Nc2nc3ccccc3[nH]2)CC1. The molecule has 1 amide bonds. The second kappa shape index (κ2) is 5.40. The Balaban J connectivity index is 1.60. The molecule has 106 valence electrons. The lowest BCUT2D eigenvalue weighted by molar-refractivity contribution is 0.113. The molecule has 0 spiro atoms. The van der Waals surface area contributed by atoms with Crippen molar-refractivity contribution < 1.29 is 9.53 Å². The van der Waals surface area contributed by atoms with Crippen LogP contribution in [0.2, 0.25) is 0 Å². The number of nitrogens with zero attached hydrogens (tertiary/aromatic N) is 2. The summed E-state index contributed by atoms with van der Waals surface area (Å²) in [5, 5.41) is 3.40. The Morgan fingerprint density at radius 3 is 2.85 bits per heavy atom. The number of aromatic amines is 1. The Bertz CT molecular complexity index is 569. The molecule has 3 rings (SSSR count). The number of H-pyrrole nitrogens is 1. The van der Waals surface area contributed by atoms with Crippen LogP contribution in [0.3, 0.4) is 0 Å². The molecule has 0 radical (unpaired) electrons. The molecule has 0 saturated carbocycles. The zero-order valence-corrected chi connectivity index (χ0v) is 11.4. The molecule has 6 heteroatoms. The van der Waals surface area contributed by atoms with Crippen molar-refractivity contribution in [3.8, 4) is 0 Å². The predicted octanol–water partition coefficient (Wildman–Crippen LogP) is 2.21. The quantitative estimate of drug-likeness (QED) is 0.880. The number of nitrogens with one attached hydrogen (secondary N) is 2. The highest BCUT2D eigenvalue weighted by Gasteiger charge is 2.23. The first kappa shape index (κ1) is 12.8. The van der Waals surface area contributed by atoms with Crippen molar-refractivity contribution in [3.63, 3.8) is 0 Å². The summed E-state index contributed by atoms with van der Waals surface area (Å²) in [4.78, 5) is 20.9. The Hall–Kier alpha value is -2.24. The number of hydrogen-bond acceptors (Lipinski definition) is 4. The molecule has 2 N–H and O–H groups in total. The molecule has 1 aliphatic rings. The number of hydrogen-bond donors (Lipinski definition) is 2. The Labute approximate surface area is 117 Å². The number of carbonyl (C=O) groups excluding carboxylic acids is 1. The van der Waals surface area contributed by atoms with Crippen LogP contribution >= 0.6 is 0 Å². The molecule has 2 aromatic rings. The van der Waals surface area contributed by atoms with Gasteiger partial charge < -0.3 is 19.9 Å². The highest BCUT2D eigenvalue weighted by Crippen LogP contribution is 2.18. The van der Waals surface area contributed by atoms with Gasteiger partial charge in [-0.1, -0.05) is 12.1 Å². The molecule has 1 aromatic heterocycles. The Morgan fingerprint density at radius 1 is 1.40 bits per heavy atom. The smallest absolute Gasteiger partial charge is 0.409 e. The van der Waals surface area contributed by atoms with Gasteiger partial charge in [-0.05, 0) is 25.0 Å². The fourth-order valence-electron chi connectivity index (χ4n) is 2.55. The number of para-hydroxylation sites is 2. The number of aromatic nitrogens is 2. The first-order chi connectivity index (χ1) is 9.76. The standard InChI is InChI=1S/C14H18N4O2/c1-20-14(19)18-8-6-10(7-9-18)15-13-16-11-4-2-3-5-12(11)17-13/h2-5,10H,6-9H2,1H3,(H2,15,16,17). The van der Waals surface area contributed by atoms with Crippen LogP contribution in [0.1, 0.15) is 12.8 Å². The molecule has 6 nitrogen and oxygen atoms in total. The normalized spacial score (nSPS) is 16.4. The van der Waals surface area contributed by atoms with Gasteiger partial charge in [0.25, 0.3) is 0 Å². The van der Waals surface area contributed by atoms with Gasteiger partial charge in [0.05, 0.1) is 18.1 Å².